The molecule has 0 unspecified atom stereocenters. The van der Waals surface area contributed by atoms with Crippen molar-refractivity contribution < 1.29 is 18.8 Å². The van der Waals surface area contributed by atoms with Crippen molar-refractivity contribution in [3.63, 3.8) is 0 Å². The van der Waals surface area contributed by atoms with E-state index in [0.717, 1.165) is 11.3 Å². The normalized spacial score (nSPS) is 17.5. The van der Waals surface area contributed by atoms with Gasteiger partial charge in [0.1, 0.15) is 17.7 Å². The Morgan fingerprint density at radius 2 is 2.29 bits per heavy atom. The number of ether oxygens (including phenoxy) is 1. The van der Waals surface area contributed by atoms with Crippen LogP contribution in [0.5, 0.6) is 5.75 Å². The maximum Gasteiger partial charge on any atom is 0.237 e. The summed E-state index contributed by atoms with van der Waals surface area (Å²) in [5.41, 5.74) is 1.60. The molecular formula is C20H24N4O4. The molecule has 0 saturated carbocycles. The van der Waals surface area contributed by atoms with E-state index in [-0.39, 0.29) is 24.8 Å². The van der Waals surface area contributed by atoms with Crippen LogP contribution in [0.3, 0.4) is 0 Å². The summed E-state index contributed by atoms with van der Waals surface area (Å²) in [4.78, 5) is 26.6. The number of aromatic nitrogens is 1. The van der Waals surface area contributed by atoms with Gasteiger partial charge in [0.15, 0.2) is 0 Å². The quantitative estimate of drug-likeness (QED) is 0.710. The van der Waals surface area contributed by atoms with Gasteiger partial charge in [0.2, 0.25) is 11.8 Å². The van der Waals surface area contributed by atoms with Gasteiger partial charge in [0, 0.05) is 31.3 Å². The van der Waals surface area contributed by atoms with E-state index in [9.17, 15) is 9.59 Å². The summed E-state index contributed by atoms with van der Waals surface area (Å²) in [7, 11) is 1.63. The predicted molar refractivity (Wildman–Crippen MR) is 103 cm³/mol. The maximum absolute atomic E-state index is 12.3. The molecule has 1 aromatic carbocycles. The lowest BCUT2D eigenvalue weighted by Gasteiger charge is -2.33. The highest BCUT2D eigenvalue weighted by atomic mass is 16.5. The number of nitrogens with zero attached hydrogens (tertiary/aromatic N) is 2. The van der Waals surface area contributed by atoms with E-state index in [0.29, 0.717) is 25.3 Å². The lowest BCUT2D eigenvalue weighted by atomic mass is 10.1. The molecule has 2 heterocycles. The Bertz CT molecular complexity index is 819. The monoisotopic (exact) mass is 384 g/mol. The zero-order chi connectivity index (χ0) is 19.8. The average molecular weight is 384 g/mol. The summed E-state index contributed by atoms with van der Waals surface area (Å²) in [6.07, 6.45) is 5.49. The van der Waals surface area contributed by atoms with E-state index in [1.165, 1.54) is 6.26 Å². The Hall–Kier alpha value is -3.13. The van der Waals surface area contributed by atoms with Gasteiger partial charge in [-0.05, 0) is 6.07 Å². The first-order chi connectivity index (χ1) is 13.7. The molecule has 148 valence electrons. The van der Waals surface area contributed by atoms with E-state index in [1.54, 1.807) is 13.2 Å². The number of rotatable bonds is 8. The third-order valence-corrected chi connectivity index (χ3v) is 4.55. The fourth-order valence-electron chi connectivity index (χ4n) is 3.09. The second kappa shape index (κ2) is 9.70. The Kier molecular flexibility index (Phi) is 6.80. The lowest BCUT2D eigenvalue weighted by Crippen LogP contribution is -2.56. The molecule has 3 rings (SSSR count). The summed E-state index contributed by atoms with van der Waals surface area (Å²) in [5.74, 6) is 0.455. The first-order valence-corrected chi connectivity index (χ1v) is 9.14. The number of carbonyl (C=O) groups is 2. The van der Waals surface area contributed by atoms with Gasteiger partial charge in [-0.1, -0.05) is 35.5 Å². The molecule has 0 bridgehead atoms. The highest BCUT2D eigenvalue weighted by Crippen LogP contribution is 2.19. The molecule has 1 aliphatic rings. The summed E-state index contributed by atoms with van der Waals surface area (Å²) in [6, 6.07) is 8.90. The molecule has 2 N–H and O–H groups in total. The average Bonchev–Trinajstić information content (AvgIpc) is 3.23. The van der Waals surface area contributed by atoms with Crippen LogP contribution in [-0.4, -0.2) is 54.7 Å². The van der Waals surface area contributed by atoms with Crippen molar-refractivity contribution >= 4 is 17.9 Å². The second-order valence-electron chi connectivity index (χ2n) is 6.42. The van der Waals surface area contributed by atoms with Gasteiger partial charge in [-0.15, -0.1) is 0 Å². The highest BCUT2D eigenvalue weighted by molar-refractivity contribution is 5.88. The van der Waals surface area contributed by atoms with Crippen molar-refractivity contribution in [2.24, 2.45) is 0 Å². The largest absolute Gasteiger partial charge is 0.496 e. The van der Waals surface area contributed by atoms with Gasteiger partial charge in [-0.3, -0.25) is 14.5 Å². The number of carbonyl (C=O) groups excluding carboxylic acids is 2. The van der Waals surface area contributed by atoms with Crippen molar-refractivity contribution in [3.8, 4) is 5.75 Å². The van der Waals surface area contributed by atoms with Crippen LogP contribution >= 0.6 is 0 Å². The van der Waals surface area contributed by atoms with Crippen LogP contribution in [0.15, 0.2) is 47.2 Å². The maximum atomic E-state index is 12.3. The third-order valence-electron chi connectivity index (χ3n) is 4.55. The molecule has 1 aromatic heterocycles. The van der Waals surface area contributed by atoms with Crippen LogP contribution in [-0.2, 0) is 16.1 Å². The van der Waals surface area contributed by atoms with Gasteiger partial charge in [0.05, 0.1) is 26.1 Å². The molecule has 0 radical (unpaired) electrons. The Balaban J connectivity index is 1.57. The topological polar surface area (TPSA) is 96.7 Å². The molecule has 8 nitrogen and oxygen atoms in total. The first kappa shape index (κ1) is 19.6. The first-order valence-electron chi connectivity index (χ1n) is 9.14. The molecule has 2 aromatic rings. The predicted octanol–water partition coefficient (Wildman–Crippen LogP) is 1.20. The number of piperazine rings is 1. The molecule has 2 amide bonds. The fraction of sp³-hybridized carbons (Fsp3) is 0.350. The number of hydrogen-bond acceptors (Lipinski definition) is 6. The fourth-order valence-corrected chi connectivity index (χ4v) is 3.09. The van der Waals surface area contributed by atoms with Crippen LogP contribution < -0.4 is 15.4 Å². The molecule has 1 atom stereocenters. The summed E-state index contributed by atoms with van der Waals surface area (Å²) >= 11 is 0. The van der Waals surface area contributed by atoms with Crippen molar-refractivity contribution in [1.82, 2.24) is 20.7 Å². The van der Waals surface area contributed by atoms with E-state index in [2.05, 4.69) is 15.8 Å². The van der Waals surface area contributed by atoms with Crippen LogP contribution in [0.4, 0.5) is 0 Å². The lowest BCUT2D eigenvalue weighted by molar-refractivity contribution is -0.133. The van der Waals surface area contributed by atoms with Gasteiger partial charge >= 0.3 is 0 Å². The van der Waals surface area contributed by atoms with Crippen molar-refractivity contribution in [2.45, 2.75) is 19.0 Å². The molecular weight excluding hydrogens is 360 g/mol. The molecule has 1 aliphatic heterocycles. The second-order valence-corrected chi connectivity index (χ2v) is 6.42. The Morgan fingerprint density at radius 3 is 3.07 bits per heavy atom. The van der Waals surface area contributed by atoms with Crippen molar-refractivity contribution in [3.05, 3.63) is 53.9 Å². The zero-order valence-electron chi connectivity index (χ0n) is 15.8. The van der Waals surface area contributed by atoms with Crippen LogP contribution in [0.2, 0.25) is 0 Å². The van der Waals surface area contributed by atoms with E-state index in [4.69, 9.17) is 9.26 Å². The molecule has 0 aliphatic carbocycles. The van der Waals surface area contributed by atoms with Crippen LogP contribution in [0, 0.1) is 0 Å². The minimum absolute atomic E-state index is 0.0895. The van der Waals surface area contributed by atoms with E-state index >= 15 is 0 Å². The number of hydrogen-bond donors (Lipinski definition) is 2. The molecule has 1 saturated heterocycles. The minimum Gasteiger partial charge on any atom is -0.496 e. The molecule has 8 heteroatoms. The Morgan fingerprint density at radius 1 is 1.43 bits per heavy atom. The Labute approximate surface area is 163 Å². The number of methoxy groups -OCH3 is 1. The summed E-state index contributed by atoms with van der Waals surface area (Å²) < 4.78 is 10.1. The molecule has 1 fully saturated rings. The van der Waals surface area contributed by atoms with Gasteiger partial charge in [-0.25, -0.2) is 0 Å². The number of nitrogens with one attached hydrogen (secondary N) is 2. The van der Waals surface area contributed by atoms with Gasteiger partial charge in [0.25, 0.3) is 0 Å². The number of amides is 2. The number of para-hydroxylation sites is 1. The van der Waals surface area contributed by atoms with Crippen molar-refractivity contribution in [1.29, 1.82) is 0 Å². The van der Waals surface area contributed by atoms with Crippen LogP contribution in [0.25, 0.3) is 6.08 Å². The van der Waals surface area contributed by atoms with Gasteiger partial charge in [-0.2, -0.15) is 0 Å². The number of benzene rings is 1. The van der Waals surface area contributed by atoms with E-state index in [1.807, 2.05) is 41.3 Å². The smallest absolute Gasteiger partial charge is 0.237 e. The van der Waals surface area contributed by atoms with Gasteiger partial charge < -0.3 is 19.9 Å². The summed E-state index contributed by atoms with van der Waals surface area (Å²) in [6.45, 7) is 2.09. The summed E-state index contributed by atoms with van der Waals surface area (Å²) in [5, 5.41) is 9.35. The van der Waals surface area contributed by atoms with E-state index < -0.39 is 6.04 Å². The minimum atomic E-state index is -0.506. The highest BCUT2D eigenvalue weighted by Gasteiger charge is 2.30. The third kappa shape index (κ3) is 5.20. The molecule has 28 heavy (non-hydrogen) atoms. The SMILES string of the molecule is COc1ccccc1/C=C/CN1CCNC(=O)[C@H]1CC(=O)NCc1ccon1. The van der Waals surface area contributed by atoms with Crippen LogP contribution in [0.1, 0.15) is 17.7 Å². The zero-order valence-corrected chi connectivity index (χ0v) is 15.8. The molecule has 0 spiro atoms. The van der Waals surface area contributed by atoms with Crippen molar-refractivity contribution in [2.75, 3.05) is 26.7 Å². The standard InChI is InChI=1S/C20H24N4O4/c1-27-18-7-3-2-5-15(18)6-4-10-24-11-9-21-20(26)17(24)13-19(25)22-14-16-8-12-28-23-16/h2-8,12,17H,9-11,13-14H2,1H3,(H,21,26)(H,22,25)/b6-4+/t17-/m1/s1.